The summed E-state index contributed by atoms with van der Waals surface area (Å²) in [5, 5.41) is 11.1. The highest BCUT2D eigenvalue weighted by Gasteiger charge is 2.39. The molecule has 3 rings (SSSR count). The van der Waals surface area contributed by atoms with Crippen molar-refractivity contribution in [3.8, 4) is 0 Å². The van der Waals surface area contributed by atoms with Gasteiger partial charge in [-0.15, -0.1) is 15.3 Å². The molecule has 0 aliphatic rings. The number of nitrogens with zero attached hydrogens (tertiary/aromatic N) is 4. The molecule has 2 aromatic heterocycles. The van der Waals surface area contributed by atoms with Crippen LogP contribution >= 0.6 is 11.3 Å². The van der Waals surface area contributed by atoms with Crippen molar-refractivity contribution in [3.05, 3.63) is 40.7 Å². The summed E-state index contributed by atoms with van der Waals surface area (Å²) in [5.41, 5.74) is -1.63. The minimum absolute atomic E-state index is 0.315. The molecule has 0 aliphatic heterocycles. The van der Waals surface area contributed by atoms with Gasteiger partial charge in [0.2, 0.25) is 9.97 Å². The van der Waals surface area contributed by atoms with Gasteiger partial charge in [0.05, 0.1) is 11.3 Å². The van der Waals surface area contributed by atoms with Gasteiger partial charge in [0.25, 0.3) is 11.7 Å². The smallest absolute Gasteiger partial charge is 0.319 e. The summed E-state index contributed by atoms with van der Waals surface area (Å²) in [4.78, 5) is 11.7. The monoisotopic (exact) mass is 381 g/mol. The summed E-state index contributed by atoms with van der Waals surface area (Å²) in [7, 11) is 0. The molecule has 1 N–H and O–H groups in total. The lowest BCUT2D eigenvalue weighted by atomic mass is 10.1. The van der Waals surface area contributed by atoms with Gasteiger partial charge in [-0.3, -0.25) is 4.79 Å². The average molecular weight is 381 g/mol. The number of benzene rings is 1. The Bertz CT molecular complexity index is 944. The maximum Gasteiger partial charge on any atom is 0.453 e. The maximum absolute atomic E-state index is 12.9. The lowest BCUT2D eigenvalue weighted by Crippen LogP contribution is -2.17. The highest BCUT2D eigenvalue weighted by molar-refractivity contribution is 7.18. The zero-order valence-corrected chi connectivity index (χ0v) is 12.5. The molecule has 25 heavy (non-hydrogen) atoms. The van der Waals surface area contributed by atoms with Crippen LogP contribution in [0, 0.1) is 0 Å². The molecule has 0 spiro atoms. The Labute approximate surface area is 138 Å². The minimum atomic E-state index is -4.84. The molecule has 0 unspecified atom stereocenters. The van der Waals surface area contributed by atoms with Crippen molar-refractivity contribution in [3.63, 3.8) is 0 Å². The van der Waals surface area contributed by atoms with Gasteiger partial charge in [-0.2, -0.15) is 30.9 Å². The van der Waals surface area contributed by atoms with Crippen LogP contribution in [0.25, 0.3) is 4.96 Å². The fourth-order valence-electron chi connectivity index (χ4n) is 1.90. The number of carbonyl (C=O) groups excluding carboxylic acids is 1. The van der Waals surface area contributed by atoms with Crippen molar-refractivity contribution in [1.29, 1.82) is 0 Å². The number of hydrogen-bond acceptors (Lipinski definition) is 5. The first-order valence-corrected chi connectivity index (χ1v) is 7.16. The number of rotatable bonds is 2. The van der Waals surface area contributed by atoms with Crippen molar-refractivity contribution in [2.24, 2.45) is 0 Å². The van der Waals surface area contributed by atoms with E-state index in [4.69, 9.17) is 0 Å². The summed E-state index contributed by atoms with van der Waals surface area (Å²) >= 11 is 0.460. The first kappa shape index (κ1) is 17.1. The van der Waals surface area contributed by atoms with Gasteiger partial charge in [-0.05, 0) is 12.1 Å². The first-order chi connectivity index (χ1) is 11.6. The number of anilines is 1. The Kier molecular flexibility index (Phi) is 3.89. The van der Waals surface area contributed by atoms with Gasteiger partial charge < -0.3 is 5.32 Å². The zero-order valence-electron chi connectivity index (χ0n) is 11.7. The van der Waals surface area contributed by atoms with E-state index in [0.717, 1.165) is 18.2 Å². The van der Waals surface area contributed by atoms with Crippen LogP contribution in [0.15, 0.2) is 24.3 Å². The molecule has 0 saturated carbocycles. The van der Waals surface area contributed by atoms with E-state index in [1.54, 1.807) is 0 Å². The summed E-state index contributed by atoms with van der Waals surface area (Å²) < 4.78 is 77.1. The van der Waals surface area contributed by atoms with Crippen LogP contribution in [0.4, 0.5) is 32.0 Å². The van der Waals surface area contributed by atoms with Crippen molar-refractivity contribution in [1.82, 2.24) is 19.8 Å². The Morgan fingerprint density at radius 3 is 2.36 bits per heavy atom. The van der Waals surface area contributed by atoms with Gasteiger partial charge in [0.1, 0.15) is 0 Å². The Morgan fingerprint density at radius 2 is 1.72 bits per heavy atom. The third kappa shape index (κ3) is 3.26. The molecule has 0 fully saturated rings. The third-order valence-corrected chi connectivity index (χ3v) is 3.82. The van der Waals surface area contributed by atoms with E-state index < -0.39 is 40.3 Å². The number of nitrogens with one attached hydrogen (secondary N) is 1. The van der Waals surface area contributed by atoms with Crippen molar-refractivity contribution in [2.75, 3.05) is 5.32 Å². The summed E-state index contributed by atoms with van der Waals surface area (Å²) in [6, 6.07) is 4.18. The van der Waals surface area contributed by atoms with Crippen LogP contribution < -0.4 is 5.32 Å². The maximum atomic E-state index is 12.9. The predicted molar refractivity (Wildman–Crippen MR) is 73.1 cm³/mol. The van der Waals surface area contributed by atoms with Crippen LogP contribution in [-0.4, -0.2) is 25.7 Å². The molecule has 0 atom stereocenters. The summed E-state index contributed by atoms with van der Waals surface area (Å²) in [6.45, 7) is 0. The van der Waals surface area contributed by atoms with Crippen molar-refractivity contribution < 1.29 is 31.1 Å². The molecule has 0 bridgehead atoms. The fraction of sp³-hybridized carbons (Fsp3) is 0.167. The lowest BCUT2D eigenvalue weighted by Gasteiger charge is -2.12. The van der Waals surface area contributed by atoms with E-state index in [-0.39, 0.29) is 4.96 Å². The molecule has 6 nitrogen and oxygen atoms in total. The van der Waals surface area contributed by atoms with E-state index in [2.05, 4.69) is 15.3 Å². The topological polar surface area (TPSA) is 72.2 Å². The number of hydrogen-bond donors (Lipinski definition) is 1. The van der Waals surface area contributed by atoms with Crippen LogP contribution in [0.2, 0.25) is 0 Å². The van der Waals surface area contributed by atoms with Crippen LogP contribution in [-0.2, 0) is 12.4 Å². The largest absolute Gasteiger partial charge is 0.453 e. The molecule has 2 heterocycles. The molecule has 0 saturated heterocycles. The average Bonchev–Trinajstić information content (AvgIpc) is 3.05. The predicted octanol–water partition coefficient (Wildman–Crippen LogP) is 3.48. The third-order valence-electron chi connectivity index (χ3n) is 2.92. The van der Waals surface area contributed by atoms with E-state index in [1.165, 1.54) is 6.07 Å². The second kappa shape index (κ2) is 5.68. The van der Waals surface area contributed by atoms with E-state index in [1.807, 2.05) is 5.32 Å². The van der Waals surface area contributed by atoms with Gasteiger partial charge >= 0.3 is 12.4 Å². The molecule has 0 aliphatic carbocycles. The van der Waals surface area contributed by atoms with Gasteiger partial charge in [0, 0.05) is 0 Å². The Morgan fingerprint density at radius 1 is 1.04 bits per heavy atom. The number of halogens is 6. The normalized spacial score (nSPS) is 12.6. The zero-order chi connectivity index (χ0) is 18.4. The number of fused-ring (bicyclic) bond motifs is 1. The van der Waals surface area contributed by atoms with Crippen LogP contribution in [0.5, 0.6) is 0 Å². The molecule has 3 aromatic rings. The molecule has 0 radical (unpaired) electrons. The highest BCUT2D eigenvalue weighted by Crippen LogP contribution is 2.35. The van der Waals surface area contributed by atoms with Gasteiger partial charge in [0.15, 0.2) is 0 Å². The molecular weight excluding hydrogens is 376 g/mol. The Balaban J connectivity index is 1.93. The number of aromatic nitrogens is 4. The fourth-order valence-corrected chi connectivity index (χ4v) is 2.64. The van der Waals surface area contributed by atoms with Gasteiger partial charge in [-0.1, -0.05) is 23.5 Å². The number of para-hydroxylation sites is 1. The summed E-state index contributed by atoms with van der Waals surface area (Å²) in [5.74, 6) is -2.53. The molecule has 1 aromatic carbocycles. The highest BCUT2D eigenvalue weighted by atomic mass is 32.1. The molecule has 1 amide bonds. The van der Waals surface area contributed by atoms with Crippen LogP contribution in [0.1, 0.15) is 21.2 Å². The SMILES string of the molecule is O=C(Nc1ccccc1C(F)(F)F)c1nn2c(C(F)(F)F)nnc2s1. The number of carbonyl (C=O) groups is 1. The first-order valence-electron chi connectivity index (χ1n) is 6.34. The molecule has 13 heteroatoms. The van der Waals surface area contributed by atoms with Crippen molar-refractivity contribution in [2.45, 2.75) is 12.4 Å². The van der Waals surface area contributed by atoms with Gasteiger partial charge in [-0.25, -0.2) is 0 Å². The van der Waals surface area contributed by atoms with Crippen molar-refractivity contribution >= 4 is 27.9 Å². The quantitative estimate of drug-likeness (QED) is 0.690. The van der Waals surface area contributed by atoms with E-state index in [9.17, 15) is 31.1 Å². The lowest BCUT2D eigenvalue weighted by molar-refractivity contribution is -0.146. The molecular formula is C12H5F6N5OS. The second-order valence-electron chi connectivity index (χ2n) is 4.62. The second-order valence-corrected chi connectivity index (χ2v) is 5.58. The number of alkyl halides is 6. The van der Waals surface area contributed by atoms with E-state index in [0.29, 0.717) is 15.9 Å². The van der Waals surface area contributed by atoms with E-state index >= 15 is 0 Å². The molecule has 132 valence electrons. The minimum Gasteiger partial charge on any atom is -0.319 e. The standard InChI is InChI=1S/C12H5F6N5OS/c13-11(14,15)5-3-1-2-4-6(5)19-7(24)8-22-23-9(12(16,17)18)20-21-10(23)25-8/h1-4H,(H,19,24). The summed E-state index contributed by atoms with van der Waals surface area (Å²) in [6.07, 6.45) is -9.56. The van der Waals surface area contributed by atoms with Crippen LogP contribution in [0.3, 0.4) is 0 Å². The Hall–Kier alpha value is -2.70. The number of amides is 1.